The fraction of sp³-hybridized carbons (Fsp3) is 0.577. The largest absolute Gasteiger partial charge is 0.423 e. The summed E-state index contributed by atoms with van der Waals surface area (Å²) in [5.41, 5.74) is -1.30. The predicted molar refractivity (Wildman–Crippen MR) is 151 cm³/mol. The van der Waals surface area contributed by atoms with Gasteiger partial charge in [-0.15, -0.1) is 0 Å². The smallest absolute Gasteiger partial charge is 0.378 e. The molecule has 11 nitrogen and oxygen atoms in total. The van der Waals surface area contributed by atoms with E-state index in [0.717, 1.165) is 17.8 Å². The van der Waals surface area contributed by atoms with Crippen molar-refractivity contribution in [1.82, 2.24) is 25.2 Å². The van der Waals surface area contributed by atoms with Gasteiger partial charge in [-0.2, -0.15) is 31.4 Å². The number of aromatic nitrogens is 4. The van der Waals surface area contributed by atoms with E-state index in [9.17, 15) is 35.9 Å². The maximum absolute atomic E-state index is 13.8. The minimum absolute atomic E-state index is 0.151. The Balaban J connectivity index is 1.48. The zero-order valence-electron chi connectivity index (χ0n) is 24.7. The summed E-state index contributed by atoms with van der Waals surface area (Å²) in [7, 11) is -1.42. The lowest BCUT2D eigenvalue weighted by atomic mass is 10.0. The topological polar surface area (TPSA) is 124 Å². The van der Waals surface area contributed by atoms with Crippen LogP contribution in [0.4, 0.5) is 38.0 Å². The number of carbonyl (C=O) groups is 1. The van der Waals surface area contributed by atoms with E-state index in [-0.39, 0.29) is 12.6 Å². The van der Waals surface area contributed by atoms with E-state index in [4.69, 9.17) is 9.57 Å². The van der Waals surface area contributed by atoms with Crippen molar-refractivity contribution >= 4 is 25.6 Å². The summed E-state index contributed by atoms with van der Waals surface area (Å²) in [6, 6.07) is 0.0135. The molecular formula is C26H35F6N7O4Si. The SMILES string of the molecule is CC(CONC(=O)C=C1CCN(c2ncc(C(F)(F)F)cn2)CC1)Nc1cnn(COCC[Si](C)(C)C)c(=O)c1C(F)(F)F. The number of carbonyl (C=O) groups excluding carboxylic acids is 1. The molecule has 0 spiro atoms. The summed E-state index contributed by atoms with van der Waals surface area (Å²) in [6.45, 7) is 8.26. The van der Waals surface area contributed by atoms with E-state index in [0.29, 0.717) is 49.6 Å². The van der Waals surface area contributed by atoms with Crippen LogP contribution in [0.15, 0.2) is 35.0 Å². The first-order chi connectivity index (χ1) is 20.4. The molecular weight excluding hydrogens is 616 g/mol. The van der Waals surface area contributed by atoms with Gasteiger partial charge in [0, 0.05) is 52.3 Å². The lowest BCUT2D eigenvalue weighted by Crippen LogP contribution is -2.35. The average molecular weight is 652 g/mol. The Morgan fingerprint density at radius 1 is 1.07 bits per heavy atom. The van der Waals surface area contributed by atoms with Gasteiger partial charge in [-0.1, -0.05) is 25.2 Å². The summed E-state index contributed by atoms with van der Waals surface area (Å²) in [4.78, 5) is 39.2. The molecule has 1 atom stereocenters. The molecule has 1 aliphatic heterocycles. The number of rotatable bonds is 12. The van der Waals surface area contributed by atoms with Crippen molar-refractivity contribution in [1.29, 1.82) is 0 Å². The number of nitrogens with one attached hydrogen (secondary N) is 2. The van der Waals surface area contributed by atoms with Crippen LogP contribution in [0.2, 0.25) is 25.7 Å². The van der Waals surface area contributed by atoms with Crippen LogP contribution in [-0.2, 0) is 33.5 Å². The number of alkyl halides is 6. The molecule has 2 aromatic heterocycles. The molecule has 18 heteroatoms. The zero-order chi connectivity index (χ0) is 32.7. The quantitative estimate of drug-likeness (QED) is 0.113. The van der Waals surface area contributed by atoms with Crippen LogP contribution < -0.4 is 21.3 Å². The fourth-order valence-electron chi connectivity index (χ4n) is 4.02. The normalized spacial score (nSPS) is 15.2. The standard InChI is InChI=1S/C26H35F6N7O4Si/c1-17(36-20-14-35-39(16-42-9-10-44(2,3)4)23(41)22(20)26(30,31)32)15-43-37-21(40)11-18-5-7-38(8-6-18)24-33-12-19(13-34-24)25(27,28)29/h11-14,17,36H,5-10,15-16H2,1-4H3,(H,37,40). The first kappa shape index (κ1) is 35.0. The first-order valence-electron chi connectivity index (χ1n) is 13.7. The molecule has 0 bridgehead atoms. The van der Waals surface area contributed by atoms with Gasteiger partial charge in [-0.05, 0) is 25.8 Å². The van der Waals surface area contributed by atoms with Gasteiger partial charge < -0.3 is 15.0 Å². The molecule has 0 saturated carbocycles. The van der Waals surface area contributed by atoms with Crippen molar-refractivity contribution in [2.75, 3.05) is 36.5 Å². The van der Waals surface area contributed by atoms with Gasteiger partial charge in [-0.3, -0.25) is 14.4 Å². The second kappa shape index (κ2) is 14.5. The van der Waals surface area contributed by atoms with Crippen molar-refractivity contribution in [3.8, 4) is 0 Å². The van der Waals surface area contributed by atoms with Crippen LogP contribution in [0.25, 0.3) is 0 Å². The highest BCUT2D eigenvalue weighted by molar-refractivity contribution is 6.76. The van der Waals surface area contributed by atoms with Crippen LogP contribution in [-0.4, -0.2) is 66.1 Å². The molecule has 2 N–H and O–H groups in total. The molecule has 1 amide bonds. The van der Waals surface area contributed by atoms with E-state index >= 15 is 0 Å². The molecule has 1 saturated heterocycles. The number of anilines is 2. The number of nitrogens with zero attached hydrogens (tertiary/aromatic N) is 5. The first-order valence-corrected chi connectivity index (χ1v) is 17.4. The number of ether oxygens (including phenoxy) is 1. The highest BCUT2D eigenvalue weighted by Gasteiger charge is 2.38. The van der Waals surface area contributed by atoms with Gasteiger partial charge in [-0.25, -0.2) is 20.1 Å². The minimum Gasteiger partial charge on any atom is -0.378 e. The van der Waals surface area contributed by atoms with Crippen molar-refractivity contribution in [2.24, 2.45) is 0 Å². The summed E-state index contributed by atoms with van der Waals surface area (Å²) in [5.74, 6) is -0.445. The molecule has 0 aromatic carbocycles. The van der Waals surface area contributed by atoms with Crippen molar-refractivity contribution < 1.29 is 40.7 Å². The molecule has 0 aliphatic carbocycles. The number of hydroxylamine groups is 1. The molecule has 244 valence electrons. The van der Waals surface area contributed by atoms with Gasteiger partial charge in [0.05, 0.1) is 24.1 Å². The van der Waals surface area contributed by atoms with Gasteiger partial charge >= 0.3 is 12.4 Å². The monoisotopic (exact) mass is 651 g/mol. The summed E-state index contributed by atoms with van der Waals surface area (Å²) < 4.78 is 85.5. The zero-order valence-corrected chi connectivity index (χ0v) is 25.7. The fourth-order valence-corrected chi connectivity index (χ4v) is 4.78. The lowest BCUT2D eigenvalue weighted by Gasteiger charge is -2.28. The molecule has 1 fully saturated rings. The Morgan fingerprint density at radius 3 is 2.27 bits per heavy atom. The number of hydrogen-bond acceptors (Lipinski definition) is 9. The van der Waals surface area contributed by atoms with Crippen molar-refractivity contribution in [3.63, 3.8) is 0 Å². The van der Waals surface area contributed by atoms with Crippen molar-refractivity contribution in [3.05, 3.63) is 51.7 Å². The summed E-state index contributed by atoms with van der Waals surface area (Å²) >= 11 is 0. The molecule has 2 aromatic rings. The third-order valence-electron chi connectivity index (χ3n) is 6.43. The van der Waals surface area contributed by atoms with E-state index in [1.165, 1.54) is 13.0 Å². The Labute approximate surface area is 250 Å². The third kappa shape index (κ3) is 10.6. The van der Waals surface area contributed by atoms with Crippen LogP contribution in [0.3, 0.4) is 0 Å². The summed E-state index contributed by atoms with van der Waals surface area (Å²) in [6.07, 6.45) is -4.99. The average Bonchev–Trinajstić information content (AvgIpc) is 2.91. The van der Waals surface area contributed by atoms with Gasteiger partial charge in [0.2, 0.25) is 5.95 Å². The highest BCUT2D eigenvalue weighted by atomic mass is 28.3. The number of halogens is 6. The molecule has 1 unspecified atom stereocenters. The Bertz CT molecular complexity index is 1350. The second-order valence-corrected chi connectivity index (χ2v) is 17.1. The molecule has 44 heavy (non-hydrogen) atoms. The van der Waals surface area contributed by atoms with Crippen LogP contribution in [0.5, 0.6) is 0 Å². The summed E-state index contributed by atoms with van der Waals surface area (Å²) in [5, 5.41) is 6.36. The predicted octanol–water partition coefficient (Wildman–Crippen LogP) is 4.46. The van der Waals surface area contributed by atoms with E-state index in [1.54, 1.807) is 4.90 Å². The van der Waals surface area contributed by atoms with Crippen molar-refractivity contribution in [2.45, 2.75) is 70.6 Å². The lowest BCUT2D eigenvalue weighted by molar-refractivity contribution is -0.139. The van der Waals surface area contributed by atoms with Crippen LogP contribution in [0, 0.1) is 0 Å². The second-order valence-electron chi connectivity index (χ2n) is 11.5. The molecule has 1 aliphatic rings. The van der Waals surface area contributed by atoms with Gasteiger partial charge in [0.1, 0.15) is 12.3 Å². The number of hydrogen-bond donors (Lipinski definition) is 2. The Morgan fingerprint density at radius 2 is 1.70 bits per heavy atom. The van der Waals surface area contributed by atoms with E-state index in [2.05, 4.69) is 45.5 Å². The maximum Gasteiger partial charge on any atom is 0.423 e. The van der Waals surface area contributed by atoms with Gasteiger partial charge in [0.15, 0.2) is 0 Å². The van der Waals surface area contributed by atoms with E-state index < -0.39 is 61.5 Å². The maximum atomic E-state index is 13.8. The van der Waals surface area contributed by atoms with Crippen LogP contribution in [0.1, 0.15) is 30.9 Å². The number of piperidine rings is 1. The minimum atomic E-state index is -4.96. The third-order valence-corrected chi connectivity index (χ3v) is 8.14. The van der Waals surface area contributed by atoms with Gasteiger partial charge in [0.25, 0.3) is 11.5 Å². The molecule has 3 heterocycles. The van der Waals surface area contributed by atoms with E-state index in [1.807, 2.05) is 0 Å². The molecule has 0 radical (unpaired) electrons. The Kier molecular flexibility index (Phi) is 11.5. The number of amides is 1. The highest BCUT2D eigenvalue weighted by Crippen LogP contribution is 2.32. The van der Waals surface area contributed by atoms with Crippen LogP contribution >= 0.6 is 0 Å². The molecule has 3 rings (SSSR count). The Hall–Kier alpha value is -3.51.